The Hall–Kier alpha value is -0.860. The highest BCUT2D eigenvalue weighted by atomic mass is 35.5. The first kappa shape index (κ1) is 10.3. The van der Waals surface area contributed by atoms with E-state index in [9.17, 15) is 0 Å². The third-order valence-corrected chi connectivity index (χ3v) is 3.92. The van der Waals surface area contributed by atoms with Crippen molar-refractivity contribution in [2.75, 3.05) is 6.54 Å². The van der Waals surface area contributed by atoms with Gasteiger partial charge in [-0.1, -0.05) is 23.7 Å². The highest BCUT2D eigenvalue weighted by Gasteiger charge is 2.29. The van der Waals surface area contributed by atoms with Crippen LogP contribution in [0.15, 0.2) is 24.4 Å². The summed E-state index contributed by atoms with van der Waals surface area (Å²) in [6.45, 7) is 1.18. The maximum absolute atomic E-state index is 5.80. The van der Waals surface area contributed by atoms with Gasteiger partial charge in [0, 0.05) is 12.2 Å². The van der Waals surface area contributed by atoms with Crippen molar-refractivity contribution in [2.45, 2.75) is 25.3 Å². The van der Waals surface area contributed by atoms with Crippen LogP contribution in [0.4, 0.5) is 0 Å². The summed E-state index contributed by atoms with van der Waals surface area (Å²) < 4.78 is 0. The van der Waals surface area contributed by atoms with Crippen LogP contribution in [0.3, 0.4) is 0 Å². The molecular formula is C13H15ClN2. The van der Waals surface area contributed by atoms with Crippen molar-refractivity contribution in [1.82, 2.24) is 10.3 Å². The maximum Gasteiger partial charge on any atom is 0.129 e. The molecule has 1 fully saturated rings. The lowest BCUT2D eigenvalue weighted by molar-refractivity contribution is 0.445. The fraction of sp³-hybridized carbons (Fsp3) is 0.462. The quantitative estimate of drug-likeness (QED) is 0.756. The van der Waals surface area contributed by atoms with Gasteiger partial charge in [-0.2, -0.15) is 0 Å². The van der Waals surface area contributed by atoms with Crippen LogP contribution in [0.2, 0.25) is 5.15 Å². The summed E-state index contributed by atoms with van der Waals surface area (Å²) in [5.74, 6) is 0.851. The minimum atomic E-state index is 0.567. The maximum atomic E-state index is 5.80. The molecule has 0 aromatic carbocycles. The highest BCUT2D eigenvalue weighted by molar-refractivity contribution is 6.29. The first-order chi connectivity index (χ1) is 7.83. The van der Waals surface area contributed by atoms with Crippen molar-refractivity contribution in [3.05, 3.63) is 35.1 Å². The molecule has 2 atom stereocenters. The van der Waals surface area contributed by atoms with E-state index in [-0.39, 0.29) is 0 Å². The predicted molar refractivity (Wildman–Crippen MR) is 66.4 cm³/mol. The second-order valence-electron chi connectivity index (χ2n) is 4.65. The zero-order chi connectivity index (χ0) is 11.0. The Morgan fingerprint density at radius 2 is 2.31 bits per heavy atom. The van der Waals surface area contributed by atoms with E-state index < -0.39 is 0 Å². The Bertz CT molecular complexity index is 410. The zero-order valence-electron chi connectivity index (χ0n) is 9.12. The molecule has 1 aliphatic carbocycles. The molecule has 0 radical (unpaired) electrons. The van der Waals surface area contributed by atoms with Crippen LogP contribution in [-0.4, -0.2) is 17.6 Å². The van der Waals surface area contributed by atoms with Crippen LogP contribution < -0.4 is 5.32 Å². The molecule has 0 amide bonds. The van der Waals surface area contributed by atoms with E-state index in [1.54, 1.807) is 0 Å². The number of hydrogen-bond acceptors (Lipinski definition) is 2. The fourth-order valence-corrected chi connectivity index (χ4v) is 2.87. The molecule has 2 nitrogen and oxygen atoms in total. The molecule has 1 aliphatic heterocycles. The van der Waals surface area contributed by atoms with Gasteiger partial charge in [0.05, 0.1) is 0 Å². The van der Waals surface area contributed by atoms with Gasteiger partial charge in [-0.15, -0.1) is 0 Å². The number of fused-ring (bicyclic) bond motifs is 1. The average Bonchev–Trinajstić information content (AvgIpc) is 2.77. The zero-order valence-corrected chi connectivity index (χ0v) is 9.87. The Balaban J connectivity index is 1.83. The summed E-state index contributed by atoms with van der Waals surface area (Å²) in [7, 11) is 0. The first-order valence-corrected chi connectivity index (χ1v) is 6.25. The number of nitrogens with one attached hydrogen (secondary N) is 1. The molecule has 84 valence electrons. The number of pyridine rings is 1. The molecule has 0 spiro atoms. The molecule has 1 aromatic rings. The van der Waals surface area contributed by atoms with E-state index >= 15 is 0 Å². The third kappa shape index (κ3) is 1.87. The van der Waals surface area contributed by atoms with E-state index in [4.69, 9.17) is 11.6 Å². The van der Waals surface area contributed by atoms with Crippen molar-refractivity contribution in [2.24, 2.45) is 5.92 Å². The van der Waals surface area contributed by atoms with Crippen LogP contribution >= 0.6 is 11.6 Å². The lowest BCUT2D eigenvalue weighted by atomic mass is 9.84. The van der Waals surface area contributed by atoms with Gasteiger partial charge in [0.15, 0.2) is 0 Å². The van der Waals surface area contributed by atoms with E-state index in [0.717, 1.165) is 12.3 Å². The number of aromatic nitrogens is 1. The van der Waals surface area contributed by atoms with E-state index in [1.807, 2.05) is 12.3 Å². The Morgan fingerprint density at radius 1 is 1.38 bits per heavy atom. The normalized spacial score (nSPS) is 28.7. The fourth-order valence-electron chi connectivity index (χ4n) is 2.76. The van der Waals surface area contributed by atoms with Crippen molar-refractivity contribution in [3.63, 3.8) is 0 Å². The lowest BCUT2D eigenvalue weighted by Gasteiger charge is -2.25. The first-order valence-electron chi connectivity index (χ1n) is 5.87. The third-order valence-electron chi connectivity index (χ3n) is 3.70. The second kappa shape index (κ2) is 4.19. The average molecular weight is 235 g/mol. The summed E-state index contributed by atoms with van der Waals surface area (Å²) in [6, 6.07) is 4.61. The number of rotatable bonds is 1. The van der Waals surface area contributed by atoms with Crippen LogP contribution in [-0.2, 0) is 0 Å². The van der Waals surface area contributed by atoms with Gasteiger partial charge in [-0.05, 0) is 48.9 Å². The Kier molecular flexibility index (Phi) is 2.70. The largest absolute Gasteiger partial charge is 0.313 e. The van der Waals surface area contributed by atoms with Gasteiger partial charge in [0.1, 0.15) is 5.15 Å². The topological polar surface area (TPSA) is 24.9 Å². The predicted octanol–water partition coefficient (Wildman–Crippen LogP) is 2.89. The summed E-state index contributed by atoms with van der Waals surface area (Å²) in [5, 5.41) is 4.15. The number of hydrogen-bond donors (Lipinski definition) is 1. The SMILES string of the molecule is Clc1ccc(C2=CCC3CCNC3C2)cn1. The van der Waals surface area contributed by atoms with Crippen LogP contribution in [0.5, 0.6) is 0 Å². The van der Waals surface area contributed by atoms with Gasteiger partial charge in [0.2, 0.25) is 0 Å². The number of halogens is 1. The van der Waals surface area contributed by atoms with Gasteiger partial charge in [0.25, 0.3) is 0 Å². The molecule has 0 bridgehead atoms. The van der Waals surface area contributed by atoms with E-state index in [1.165, 1.54) is 30.5 Å². The second-order valence-corrected chi connectivity index (χ2v) is 5.04. The van der Waals surface area contributed by atoms with Crippen molar-refractivity contribution in [3.8, 4) is 0 Å². The highest BCUT2D eigenvalue weighted by Crippen LogP contribution is 2.34. The molecule has 3 heteroatoms. The molecule has 2 aliphatic rings. The smallest absolute Gasteiger partial charge is 0.129 e. The van der Waals surface area contributed by atoms with Crippen LogP contribution in [0, 0.1) is 5.92 Å². The summed E-state index contributed by atoms with van der Waals surface area (Å²) in [4.78, 5) is 4.14. The molecular weight excluding hydrogens is 220 g/mol. The molecule has 2 unspecified atom stereocenters. The Labute approximate surface area is 101 Å². The Morgan fingerprint density at radius 3 is 3.12 bits per heavy atom. The van der Waals surface area contributed by atoms with Gasteiger partial charge in [-0.3, -0.25) is 0 Å². The summed E-state index contributed by atoms with van der Waals surface area (Å²) >= 11 is 5.80. The molecule has 0 saturated carbocycles. The van der Waals surface area contributed by atoms with Crippen LogP contribution in [0.25, 0.3) is 5.57 Å². The van der Waals surface area contributed by atoms with Gasteiger partial charge >= 0.3 is 0 Å². The number of nitrogens with zero attached hydrogens (tertiary/aromatic N) is 1. The minimum absolute atomic E-state index is 0.567. The molecule has 1 aromatic heterocycles. The lowest BCUT2D eigenvalue weighted by Crippen LogP contribution is -2.29. The molecule has 1 saturated heterocycles. The van der Waals surface area contributed by atoms with Crippen LogP contribution in [0.1, 0.15) is 24.8 Å². The van der Waals surface area contributed by atoms with Crippen molar-refractivity contribution >= 4 is 17.2 Å². The standard InChI is InChI=1S/C13H15ClN2/c14-13-4-3-11(8-16-13)10-2-1-9-5-6-15-12(9)7-10/h2-4,8-9,12,15H,1,5-7H2. The molecule has 1 N–H and O–H groups in total. The monoisotopic (exact) mass is 234 g/mol. The van der Waals surface area contributed by atoms with Gasteiger partial charge < -0.3 is 5.32 Å². The summed E-state index contributed by atoms with van der Waals surface area (Å²) in [5.41, 5.74) is 2.64. The molecule has 2 heterocycles. The van der Waals surface area contributed by atoms with E-state index in [0.29, 0.717) is 11.2 Å². The van der Waals surface area contributed by atoms with Gasteiger partial charge in [-0.25, -0.2) is 4.98 Å². The summed E-state index contributed by atoms with van der Waals surface area (Å²) in [6.07, 6.45) is 7.92. The molecule has 3 rings (SSSR count). The van der Waals surface area contributed by atoms with Crippen molar-refractivity contribution in [1.29, 1.82) is 0 Å². The number of allylic oxidation sites excluding steroid dienone is 1. The van der Waals surface area contributed by atoms with E-state index in [2.05, 4.69) is 22.4 Å². The van der Waals surface area contributed by atoms with Crippen molar-refractivity contribution < 1.29 is 0 Å². The molecule has 16 heavy (non-hydrogen) atoms. The minimum Gasteiger partial charge on any atom is -0.313 e.